The lowest BCUT2D eigenvalue weighted by molar-refractivity contribution is -0.152. The number of allylic oxidation sites excluding steroid dienone is 1. The van der Waals surface area contributed by atoms with Crippen molar-refractivity contribution >= 4 is 29.4 Å². The number of methoxy groups -OCH3 is 1. The minimum atomic E-state index is -0.765. The van der Waals surface area contributed by atoms with Crippen LogP contribution in [0.5, 0.6) is 0 Å². The van der Waals surface area contributed by atoms with Crippen LogP contribution in [-0.4, -0.2) is 54.0 Å². The van der Waals surface area contributed by atoms with Crippen LogP contribution < -0.4 is 0 Å². The Kier molecular flexibility index (Phi) is 4.28. The molecular formula is C17H17N3O5. The first-order valence-corrected chi connectivity index (χ1v) is 7.61. The van der Waals surface area contributed by atoms with Crippen molar-refractivity contribution in [2.75, 3.05) is 20.8 Å². The second-order valence-corrected chi connectivity index (χ2v) is 5.29. The summed E-state index contributed by atoms with van der Waals surface area (Å²) in [6.45, 7) is 1.77. The lowest BCUT2D eigenvalue weighted by atomic mass is 10.0. The minimum absolute atomic E-state index is 0.0545. The third-order valence-electron chi connectivity index (χ3n) is 3.89. The second-order valence-electron chi connectivity index (χ2n) is 5.29. The summed E-state index contributed by atoms with van der Waals surface area (Å²) in [5, 5.41) is 11.1. The third kappa shape index (κ3) is 2.56. The number of rotatable bonds is 3. The van der Waals surface area contributed by atoms with Gasteiger partial charge in [0, 0.05) is 24.4 Å². The number of para-hydroxylation sites is 1. The van der Waals surface area contributed by atoms with E-state index < -0.39 is 11.9 Å². The zero-order valence-corrected chi connectivity index (χ0v) is 14.0. The van der Waals surface area contributed by atoms with E-state index in [1.807, 2.05) is 12.1 Å². The molecule has 0 fully saturated rings. The van der Waals surface area contributed by atoms with Gasteiger partial charge < -0.3 is 9.47 Å². The monoisotopic (exact) mass is 343 g/mol. The first-order chi connectivity index (χ1) is 12.0. The van der Waals surface area contributed by atoms with Gasteiger partial charge in [0.15, 0.2) is 5.70 Å². The molecule has 0 atom stereocenters. The summed E-state index contributed by atoms with van der Waals surface area (Å²) in [7, 11) is 2.71. The molecule has 0 aliphatic carbocycles. The van der Waals surface area contributed by atoms with E-state index in [0.29, 0.717) is 21.9 Å². The number of fused-ring (bicyclic) bond motifs is 1. The van der Waals surface area contributed by atoms with Crippen molar-refractivity contribution < 1.29 is 24.3 Å². The lowest BCUT2D eigenvalue weighted by Gasteiger charge is -2.33. The lowest BCUT2D eigenvalue weighted by Crippen LogP contribution is -2.45. The Morgan fingerprint density at radius 1 is 1.32 bits per heavy atom. The molecule has 0 unspecified atom stereocenters. The standard InChI is InChI=1S/C17H17N3O5/c1-4-25-17(22)14-16(24-3)20(23)13(15(21)19(14)2)11-9-18-12-8-6-5-7-10(11)12/h5-9,23H,4H2,1-3H3. The van der Waals surface area contributed by atoms with Gasteiger partial charge in [0.2, 0.25) is 0 Å². The minimum Gasteiger partial charge on any atom is -0.479 e. The predicted molar refractivity (Wildman–Crippen MR) is 88.6 cm³/mol. The van der Waals surface area contributed by atoms with Gasteiger partial charge in [-0.3, -0.25) is 19.9 Å². The highest BCUT2D eigenvalue weighted by Gasteiger charge is 2.41. The molecule has 0 aromatic heterocycles. The van der Waals surface area contributed by atoms with Crippen LogP contribution >= 0.6 is 0 Å². The van der Waals surface area contributed by atoms with E-state index in [2.05, 4.69) is 4.99 Å². The molecule has 2 aliphatic rings. The topological polar surface area (TPSA) is 91.7 Å². The van der Waals surface area contributed by atoms with E-state index in [-0.39, 0.29) is 23.9 Å². The maximum Gasteiger partial charge on any atom is 0.360 e. The third-order valence-corrected chi connectivity index (χ3v) is 3.89. The highest BCUT2D eigenvalue weighted by atomic mass is 16.6. The maximum absolute atomic E-state index is 12.8. The molecular weight excluding hydrogens is 326 g/mol. The number of amides is 1. The van der Waals surface area contributed by atoms with Crippen molar-refractivity contribution in [1.29, 1.82) is 0 Å². The van der Waals surface area contributed by atoms with Gasteiger partial charge in [0.1, 0.15) is 5.70 Å². The van der Waals surface area contributed by atoms with Crippen LogP contribution in [0, 0.1) is 0 Å². The van der Waals surface area contributed by atoms with Crippen LogP contribution in [0.1, 0.15) is 12.5 Å². The fourth-order valence-electron chi connectivity index (χ4n) is 2.74. The summed E-state index contributed by atoms with van der Waals surface area (Å²) in [4.78, 5) is 30.3. The van der Waals surface area contributed by atoms with Crippen LogP contribution in [0.3, 0.4) is 0 Å². The summed E-state index contributed by atoms with van der Waals surface area (Å²) in [5.74, 6) is -1.54. The molecule has 0 saturated carbocycles. The van der Waals surface area contributed by atoms with Crippen LogP contribution in [0.15, 0.2) is 46.5 Å². The molecule has 1 aromatic rings. The summed E-state index contributed by atoms with van der Waals surface area (Å²) < 4.78 is 10.1. The molecule has 25 heavy (non-hydrogen) atoms. The van der Waals surface area contributed by atoms with Crippen molar-refractivity contribution in [3.8, 4) is 0 Å². The first kappa shape index (κ1) is 16.7. The molecule has 2 heterocycles. The molecule has 0 spiro atoms. The molecule has 1 N–H and O–H groups in total. The van der Waals surface area contributed by atoms with Gasteiger partial charge in [-0.1, -0.05) is 18.2 Å². The number of aliphatic imine (C=N–C) groups is 1. The van der Waals surface area contributed by atoms with Crippen molar-refractivity contribution in [1.82, 2.24) is 9.96 Å². The molecule has 8 nitrogen and oxygen atoms in total. The number of benzene rings is 1. The fourth-order valence-corrected chi connectivity index (χ4v) is 2.74. The molecule has 3 rings (SSSR count). The molecule has 0 saturated heterocycles. The predicted octanol–water partition coefficient (Wildman–Crippen LogP) is 1.66. The molecule has 1 aromatic carbocycles. The van der Waals surface area contributed by atoms with E-state index >= 15 is 0 Å². The number of ether oxygens (including phenoxy) is 2. The molecule has 130 valence electrons. The van der Waals surface area contributed by atoms with Gasteiger partial charge in [0.05, 0.1) is 19.4 Å². The average molecular weight is 343 g/mol. The quantitative estimate of drug-likeness (QED) is 0.663. The summed E-state index contributed by atoms with van der Waals surface area (Å²) >= 11 is 0. The summed E-state index contributed by atoms with van der Waals surface area (Å²) in [6.07, 6.45) is 1.50. The molecule has 8 heteroatoms. The highest BCUT2D eigenvalue weighted by Crippen LogP contribution is 2.37. The highest BCUT2D eigenvalue weighted by molar-refractivity contribution is 6.23. The molecule has 0 bridgehead atoms. The Hall–Kier alpha value is -3.13. The maximum atomic E-state index is 12.8. The van der Waals surface area contributed by atoms with Crippen LogP contribution in [0.4, 0.5) is 5.69 Å². The zero-order chi connectivity index (χ0) is 18.1. The number of carbonyl (C=O) groups is 2. The van der Waals surface area contributed by atoms with Gasteiger partial charge >= 0.3 is 5.97 Å². The molecule has 2 aliphatic heterocycles. The number of carbonyl (C=O) groups excluding carboxylic acids is 2. The number of hydrogen-bond acceptors (Lipinski definition) is 7. The Balaban J connectivity index is 2.17. The number of hydroxylamine groups is 2. The molecule has 0 radical (unpaired) electrons. The van der Waals surface area contributed by atoms with E-state index in [4.69, 9.17) is 9.47 Å². The number of esters is 1. The van der Waals surface area contributed by atoms with E-state index in [0.717, 1.165) is 4.90 Å². The number of likely N-dealkylation sites (N-methyl/N-ethyl adjacent to an activating group) is 1. The largest absolute Gasteiger partial charge is 0.479 e. The number of hydrogen-bond donors (Lipinski definition) is 1. The van der Waals surface area contributed by atoms with E-state index in [9.17, 15) is 14.8 Å². The Labute approximate surface area is 144 Å². The van der Waals surface area contributed by atoms with Gasteiger partial charge in [-0.2, -0.15) is 5.06 Å². The second kappa shape index (κ2) is 6.40. The van der Waals surface area contributed by atoms with Crippen molar-refractivity contribution in [3.05, 3.63) is 47.1 Å². The van der Waals surface area contributed by atoms with Crippen LogP contribution in [-0.2, 0) is 19.1 Å². The average Bonchev–Trinajstić information content (AvgIpc) is 3.02. The van der Waals surface area contributed by atoms with E-state index in [1.54, 1.807) is 19.1 Å². The van der Waals surface area contributed by atoms with Gasteiger partial charge in [-0.05, 0) is 13.0 Å². The van der Waals surface area contributed by atoms with E-state index in [1.165, 1.54) is 20.4 Å². The van der Waals surface area contributed by atoms with Gasteiger partial charge in [-0.15, -0.1) is 0 Å². The Bertz CT molecular complexity index is 840. The van der Waals surface area contributed by atoms with Crippen molar-refractivity contribution in [2.45, 2.75) is 6.92 Å². The Morgan fingerprint density at radius 2 is 2.04 bits per heavy atom. The van der Waals surface area contributed by atoms with Crippen LogP contribution in [0.2, 0.25) is 0 Å². The SMILES string of the molecule is CCOC(=O)C1=C(OC)N(O)C(=C2C=Nc3ccccc32)C(=O)N1C. The first-order valence-electron chi connectivity index (χ1n) is 7.61. The van der Waals surface area contributed by atoms with Crippen molar-refractivity contribution in [3.63, 3.8) is 0 Å². The molecule has 1 amide bonds. The smallest absolute Gasteiger partial charge is 0.360 e. The zero-order valence-electron chi connectivity index (χ0n) is 14.0. The number of nitrogens with zero attached hydrogens (tertiary/aromatic N) is 3. The fraction of sp³-hybridized carbons (Fsp3) is 0.235. The van der Waals surface area contributed by atoms with Gasteiger partial charge in [0.25, 0.3) is 11.8 Å². The van der Waals surface area contributed by atoms with Crippen LogP contribution in [0.25, 0.3) is 5.57 Å². The van der Waals surface area contributed by atoms with Gasteiger partial charge in [-0.25, -0.2) is 4.79 Å². The Morgan fingerprint density at radius 3 is 2.72 bits per heavy atom. The summed E-state index contributed by atoms with van der Waals surface area (Å²) in [5.41, 5.74) is 1.60. The van der Waals surface area contributed by atoms with Crippen molar-refractivity contribution in [2.24, 2.45) is 4.99 Å². The summed E-state index contributed by atoms with van der Waals surface area (Å²) in [6, 6.07) is 7.23. The normalized spacial score (nSPS) is 19.4.